The number of rotatable bonds is 5. The maximum Gasteiger partial charge on any atom is 0.147 e. The van der Waals surface area contributed by atoms with Gasteiger partial charge in [0.2, 0.25) is 0 Å². The molecule has 0 aliphatic carbocycles. The van der Waals surface area contributed by atoms with Crippen molar-refractivity contribution in [1.82, 2.24) is 30.5 Å². The highest BCUT2D eigenvalue weighted by molar-refractivity contribution is 5.12. The largest absolute Gasteiger partial charge is 0.302 e. The van der Waals surface area contributed by atoms with Crippen LogP contribution in [0.3, 0.4) is 0 Å². The minimum absolute atomic E-state index is 0.0730. The summed E-state index contributed by atoms with van der Waals surface area (Å²) in [6, 6.07) is -0.0730. The Hall–Kier alpha value is -1.82. The molecule has 2 rings (SSSR count). The molecule has 0 fully saturated rings. The molecule has 0 aromatic carbocycles. The Labute approximate surface area is 93.6 Å². The molecule has 2 aromatic heterocycles. The van der Waals surface area contributed by atoms with Gasteiger partial charge in [-0.05, 0) is 13.0 Å². The van der Waals surface area contributed by atoms with Crippen LogP contribution in [0.2, 0.25) is 0 Å². The van der Waals surface area contributed by atoms with Crippen molar-refractivity contribution in [3.05, 3.63) is 36.4 Å². The quantitative estimate of drug-likeness (QED) is 0.771. The van der Waals surface area contributed by atoms with Gasteiger partial charge in [0.1, 0.15) is 18.2 Å². The van der Waals surface area contributed by atoms with Gasteiger partial charge < -0.3 is 5.32 Å². The van der Waals surface area contributed by atoms with Gasteiger partial charge in [-0.2, -0.15) is 5.10 Å². The number of nitrogens with zero attached hydrogens (tertiary/aromatic N) is 4. The maximum atomic E-state index is 4.28. The minimum atomic E-state index is -0.0730. The van der Waals surface area contributed by atoms with Crippen LogP contribution in [0, 0.1) is 0 Å². The van der Waals surface area contributed by atoms with Gasteiger partial charge in [-0.1, -0.05) is 6.92 Å². The molecule has 6 nitrogen and oxygen atoms in total. The van der Waals surface area contributed by atoms with Gasteiger partial charge in [-0.25, -0.2) is 4.98 Å². The van der Waals surface area contributed by atoms with E-state index in [1.54, 1.807) is 18.6 Å². The van der Waals surface area contributed by atoms with Crippen molar-refractivity contribution in [3.63, 3.8) is 0 Å². The van der Waals surface area contributed by atoms with Crippen molar-refractivity contribution >= 4 is 0 Å². The normalized spacial score (nSPS) is 12.6. The lowest BCUT2D eigenvalue weighted by Crippen LogP contribution is -2.25. The number of hydrogen-bond acceptors (Lipinski definition) is 5. The van der Waals surface area contributed by atoms with Gasteiger partial charge in [0, 0.05) is 12.4 Å². The van der Waals surface area contributed by atoms with Gasteiger partial charge in [0.05, 0.1) is 11.9 Å². The van der Waals surface area contributed by atoms with E-state index in [1.165, 1.54) is 6.33 Å². The van der Waals surface area contributed by atoms with Crippen molar-refractivity contribution in [2.75, 3.05) is 6.54 Å². The predicted octanol–water partition coefficient (Wildman–Crippen LogP) is 0.684. The highest BCUT2D eigenvalue weighted by Gasteiger charge is 2.17. The molecule has 0 radical (unpaired) electrons. The molecule has 0 aliphatic heterocycles. The van der Waals surface area contributed by atoms with Gasteiger partial charge in [-0.15, -0.1) is 0 Å². The standard InChI is InChI=1S/C10H14N6/c1-2-3-13-9(10-14-7-15-16-10)8-6-11-4-5-12-8/h4-7,9,13H,2-3H2,1H3,(H,14,15,16). The van der Waals surface area contributed by atoms with Crippen molar-refractivity contribution in [2.45, 2.75) is 19.4 Å². The maximum absolute atomic E-state index is 4.28. The molecule has 1 atom stereocenters. The summed E-state index contributed by atoms with van der Waals surface area (Å²) in [7, 11) is 0. The summed E-state index contributed by atoms with van der Waals surface area (Å²) in [6.07, 6.45) is 7.60. The number of aromatic amines is 1. The molecule has 0 bridgehead atoms. The van der Waals surface area contributed by atoms with Crippen LogP contribution in [0.4, 0.5) is 0 Å². The van der Waals surface area contributed by atoms with E-state index in [9.17, 15) is 0 Å². The summed E-state index contributed by atoms with van der Waals surface area (Å²) >= 11 is 0. The number of hydrogen-bond donors (Lipinski definition) is 2. The van der Waals surface area contributed by atoms with E-state index >= 15 is 0 Å². The first-order valence-electron chi connectivity index (χ1n) is 5.26. The van der Waals surface area contributed by atoms with Gasteiger partial charge in [0.25, 0.3) is 0 Å². The average Bonchev–Trinajstić information content (AvgIpc) is 2.85. The van der Waals surface area contributed by atoms with Crippen molar-refractivity contribution in [2.24, 2.45) is 0 Å². The van der Waals surface area contributed by atoms with Crippen LogP contribution < -0.4 is 5.32 Å². The number of aromatic nitrogens is 5. The second-order valence-electron chi connectivity index (χ2n) is 3.39. The molecule has 16 heavy (non-hydrogen) atoms. The monoisotopic (exact) mass is 218 g/mol. The third-order valence-electron chi connectivity index (χ3n) is 2.18. The van der Waals surface area contributed by atoms with Crippen LogP contribution in [0.5, 0.6) is 0 Å². The van der Waals surface area contributed by atoms with Crippen LogP contribution >= 0.6 is 0 Å². The number of H-pyrrole nitrogens is 1. The lowest BCUT2D eigenvalue weighted by Gasteiger charge is -2.14. The zero-order valence-corrected chi connectivity index (χ0v) is 9.09. The minimum Gasteiger partial charge on any atom is -0.302 e. The summed E-state index contributed by atoms with van der Waals surface area (Å²) in [5.41, 5.74) is 0.840. The smallest absolute Gasteiger partial charge is 0.147 e. The molecule has 2 aromatic rings. The molecule has 0 aliphatic rings. The van der Waals surface area contributed by atoms with E-state index < -0.39 is 0 Å². The second kappa shape index (κ2) is 5.32. The van der Waals surface area contributed by atoms with E-state index in [-0.39, 0.29) is 6.04 Å². The summed E-state index contributed by atoms with van der Waals surface area (Å²) in [4.78, 5) is 12.5. The topological polar surface area (TPSA) is 79.4 Å². The Morgan fingerprint density at radius 1 is 1.38 bits per heavy atom. The molecule has 0 saturated carbocycles. The van der Waals surface area contributed by atoms with Crippen molar-refractivity contribution in [3.8, 4) is 0 Å². The summed E-state index contributed by atoms with van der Waals surface area (Å²) in [5, 5.41) is 10.1. The van der Waals surface area contributed by atoms with Crippen LogP contribution in [0.15, 0.2) is 24.9 Å². The molecule has 2 N–H and O–H groups in total. The van der Waals surface area contributed by atoms with Crippen LogP contribution in [0.1, 0.15) is 30.9 Å². The molecule has 1 unspecified atom stereocenters. The van der Waals surface area contributed by atoms with Crippen LogP contribution in [-0.4, -0.2) is 31.7 Å². The van der Waals surface area contributed by atoms with Gasteiger partial charge in [0.15, 0.2) is 0 Å². The summed E-state index contributed by atoms with van der Waals surface area (Å²) in [5.74, 6) is 0.758. The zero-order valence-electron chi connectivity index (χ0n) is 9.09. The molecule has 6 heteroatoms. The van der Waals surface area contributed by atoms with E-state index in [2.05, 4.69) is 37.4 Å². The van der Waals surface area contributed by atoms with E-state index in [4.69, 9.17) is 0 Å². The van der Waals surface area contributed by atoms with E-state index in [0.29, 0.717) is 0 Å². The molecule has 0 amide bonds. The van der Waals surface area contributed by atoms with Crippen LogP contribution in [0.25, 0.3) is 0 Å². The molecular weight excluding hydrogens is 204 g/mol. The third kappa shape index (κ3) is 2.40. The molecular formula is C10H14N6. The first kappa shape index (κ1) is 10.7. The fourth-order valence-corrected chi connectivity index (χ4v) is 1.44. The van der Waals surface area contributed by atoms with Gasteiger partial charge in [-0.3, -0.25) is 15.1 Å². The number of nitrogens with one attached hydrogen (secondary N) is 2. The van der Waals surface area contributed by atoms with Crippen molar-refractivity contribution in [1.29, 1.82) is 0 Å². The highest BCUT2D eigenvalue weighted by Crippen LogP contribution is 2.14. The SMILES string of the molecule is CCCNC(c1cnccn1)c1ncn[nH]1. The Bertz CT molecular complexity index is 399. The third-order valence-corrected chi connectivity index (χ3v) is 2.18. The highest BCUT2D eigenvalue weighted by atomic mass is 15.2. The second-order valence-corrected chi connectivity index (χ2v) is 3.39. The molecule has 84 valence electrons. The Morgan fingerprint density at radius 2 is 2.31 bits per heavy atom. The van der Waals surface area contributed by atoms with E-state index in [1.807, 2.05) is 0 Å². The van der Waals surface area contributed by atoms with Crippen molar-refractivity contribution < 1.29 is 0 Å². The first-order chi connectivity index (χ1) is 7.92. The summed E-state index contributed by atoms with van der Waals surface area (Å²) < 4.78 is 0. The van der Waals surface area contributed by atoms with E-state index in [0.717, 1.165) is 24.5 Å². The predicted molar refractivity (Wildman–Crippen MR) is 58.6 cm³/mol. The lowest BCUT2D eigenvalue weighted by molar-refractivity contribution is 0.560. The molecule has 2 heterocycles. The lowest BCUT2D eigenvalue weighted by atomic mass is 10.2. The molecule has 0 spiro atoms. The fraction of sp³-hybridized carbons (Fsp3) is 0.400. The zero-order chi connectivity index (χ0) is 11.2. The fourth-order valence-electron chi connectivity index (χ4n) is 1.44. The Morgan fingerprint density at radius 3 is 2.94 bits per heavy atom. The molecule has 0 saturated heterocycles. The first-order valence-corrected chi connectivity index (χ1v) is 5.26. The average molecular weight is 218 g/mol. The Balaban J connectivity index is 2.21. The van der Waals surface area contributed by atoms with Gasteiger partial charge >= 0.3 is 0 Å². The Kier molecular flexibility index (Phi) is 3.55. The van der Waals surface area contributed by atoms with Crippen LogP contribution in [-0.2, 0) is 0 Å². The summed E-state index contributed by atoms with van der Waals surface area (Å²) in [6.45, 7) is 3.00.